The molecule has 3 heteroatoms. The molecular formula is C7H14N2O. The van der Waals surface area contributed by atoms with Gasteiger partial charge in [0.05, 0.1) is 6.17 Å². The van der Waals surface area contributed by atoms with Crippen LogP contribution in [0.4, 0.5) is 0 Å². The van der Waals surface area contributed by atoms with Gasteiger partial charge in [0, 0.05) is 20.0 Å². The summed E-state index contributed by atoms with van der Waals surface area (Å²) in [7, 11) is 2.04. The number of likely N-dealkylation sites (N-methyl/N-ethyl adjacent to an activating group) is 1. The van der Waals surface area contributed by atoms with Crippen LogP contribution in [0.1, 0.15) is 13.8 Å². The molecule has 3 nitrogen and oxygen atoms in total. The van der Waals surface area contributed by atoms with Crippen molar-refractivity contribution in [2.45, 2.75) is 20.0 Å². The minimum atomic E-state index is 0.178. The van der Waals surface area contributed by atoms with Gasteiger partial charge in [-0.2, -0.15) is 0 Å². The van der Waals surface area contributed by atoms with Crippen molar-refractivity contribution in [2.24, 2.45) is 0 Å². The highest BCUT2D eigenvalue weighted by Gasteiger charge is 2.26. The van der Waals surface area contributed by atoms with Crippen molar-refractivity contribution in [1.29, 1.82) is 0 Å². The lowest BCUT2D eigenvalue weighted by Gasteiger charge is -2.22. The Morgan fingerprint density at radius 3 is 2.30 bits per heavy atom. The van der Waals surface area contributed by atoms with Crippen LogP contribution in [-0.2, 0) is 4.79 Å². The molecule has 0 aromatic carbocycles. The lowest BCUT2D eigenvalue weighted by Crippen LogP contribution is -2.36. The molecule has 1 saturated heterocycles. The van der Waals surface area contributed by atoms with Crippen LogP contribution < -0.4 is 0 Å². The van der Waals surface area contributed by atoms with E-state index in [0.717, 1.165) is 13.1 Å². The fourth-order valence-corrected chi connectivity index (χ4v) is 1.30. The molecule has 0 aromatic rings. The fourth-order valence-electron chi connectivity index (χ4n) is 1.30. The van der Waals surface area contributed by atoms with E-state index < -0.39 is 0 Å². The molecule has 1 rings (SSSR count). The molecular weight excluding hydrogens is 128 g/mol. The largest absolute Gasteiger partial charge is 0.326 e. The van der Waals surface area contributed by atoms with Crippen LogP contribution in [0.5, 0.6) is 0 Å². The lowest BCUT2D eigenvalue weighted by atomic mass is 10.4. The highest BCUT2D eigenvalue weighted by molar-refractivity contribution is 5.73. The van der Waals surface area contributed by atoms with E-state index in [2.05, 4.69) is 11.8 Å². The van der Waals surface area contributed by atoms with Gasteiger partial charge in [0.1, 0.15) is 0 Å². The number of nitrogens with zero attached hydrogens (tertiary/aromatic N) is 2. The van der Waals surface area contributed by atoms with E-state index in [1.807, 2.05) is 11.9 Å². The molecule has 0 N–H and O–H groups in total. The van der Waals surface area contributed by atoms with Crippen molar-refractivity contribution < 1.29 is 4.79 Å². The molecule has 1 unspecified atom stereocenters. The summed E-state index contributed by atoms with van der Waals surface area (Å²) in [6.07, 6.45) is 0.289. The third-order valence-corrected chi connectivity index (χ3v) is 2.19. The van der Waals surface area contributed by atoms with Gasteiger partial charge in [-0.1, -0.05) is 0 Å². The summed E-state index contributed by atoms with van der Waals surface area (Å²) < 4.78 is 0. The maximum Gasteiger partial charge on any atom is 0.220 e. The molecule has 1 heterocycles. The van der Waals surface area contributed by atoms with Crippen LogP contribution >= 0.6 is 0 Å². The second-order valence-corrected chi connectivity index (χ2v) is 2.82. The Hall–Kier alpha value is -0.570. The number of carbonyl (C=O) groups is 1. The Labute approximate surface area is 61.6 Å². The van der Waals surface area contributed by atoms with Crippen LogP contribution in [0.2, 0.25) is 0 Å². The van der Waals surface area contributed by atoms with Gasteiger partial charge in [-0.05, 0) is 14.0 Å². The SMILES string of the molecule is CC(=O)N1CCN(C)C1C. The van der Waals surface area contributed by atoms with Gasteiger partial charge in [0.2, 0.25) is 5.91 Å². The Morgan fingerprint density at radius 1 is 1.50 bits per heavy atom. The van der Waals surface area contributed by atoms with Gasteiger partial charge in [0.15, 0.2) is 0 Å². The summed E-state index contributed by atoms with van der Waals surface area (Å²) in [6.45, 7) is 5.55. The molecule has 10 heavy (non-hydrogen) atoms. The van der Waals surface area contributed by atoms with Gasteiger partial charge in [-0.25, -0.2) is 0 Å². The third kappa shape index (κ3) is 1.14. The van der Waals surface area contributed by atoms with Gasteiger partial charge in [-0.3, -0.25) is 9.69 Å². The summed E-state index contributed by atoms with van der Waals surface area (Å²) in [6, 6.07) is 0. The van der Waals surface area contributed by atoms with E-state index in [9.17, 15) is 4.79 Å². The van der Waals surface area contributed by atoms with Gasteiger partial charge >= 0.3 is 0 Å². The first-order valence-electron chi connectivity index (χ1n) is 3.60. The van der Waals surface area contributed by atoms with Gasteiger partial charge in [0.25, 0.3) is 0 Å². The summed E-state index contributed by atoms with van der Waals surface area (Å²) in [4.78, 5) is 14.9. The van der Waals surface area contributed by atoms with Crippen molar-refractivity contribution in [1.82, 2.24) is 9.80 Å². The molecule has 1 fully saturated rings. The molecule has 58 valence electrons. The number of amides is 1. The van der Waals surface area contributed by atoms with Crippen LogP contribution in [0.15, 0.2) is 0 Å². The molecule has 0 saturated carbocycles. The smallest absolute Gasteiger partial charge is 0.220 e. The monoisotopic (exact) mass is 142 g/mol. The second-order valence-electron chi connectivity index (χ2n) is 2.82. The molecule has 0 spiro atoms. The van der Waals surface area contributed by atoms with Crippen molar-refractivity contribution in [2.75, 3.05) is 20.1 Å². The fraction of sp³-hybridized carbons (Fsp3) is 0.857. The van der Waals surface area contributed by atoms with Gasteiger partial charge < -0.3 is 4.90 Å². The standard InChI is InChI=1S/C7H14N2O/c1-6-8(3)4-5-9(6)7(2)10/h6H,4-5H2,1-3H3. The summed E-state index contributed by atoms with van der Waals surface area (Å²) in [5.41, 5.74) is 0. The minimum absolute atomic E-state index is 0.178. The summed E-state index contributed by atoms with van der Waals surface area (Å²) >= 11 is 0. The number of hydrogen-bond acceptors (Lipinski definition) is 2. The van der Waals surface area contributed by atoms with Crippen LogP contribution in [-0.4, -0.2) is 42.0 Å². The average Bonchev–Trinajstić information content (AvgIpc) is 2.14. The summed E-state index contributed by atoms with van der Waals surface area (Å²) in [5.74, 6) is 0.178. The highest BCUT2D eigenvalue weighted by atomic mass is 16.2. The Bertz CT molecular complexity index is 147. The lowest BCUT2D eigenvalue weighted by molar-refractivity contribution is -0.130. The Balaban J connectivity index is 2.57. The zero-order valence-electron chi connectivity index (χ0n) is 6.79. The van der Waals surface area contributed by atoms with E-state index in [4.69, 9.17) is 0 Å². The molecule has 1 aliphatic rings. The molecule has 0 aromatic heterocycles. The van der Waals surface area contributed by atoms with Crippen molar-refractivity contribution in [3.05, 3.63) is 0 Å². The van der Waals surface area contributed by atoms with Crippen molar-refractivity contribution >= 4 is 5.91 Å². The third-order valence-electron chi connectivity index (χ3n) is 2.19. The topological polar surface area (TPSA) is 23.6 Å². The molecule has 1 amide bonds. The van der Waals surface area contributed by atoms with E-state index in [-0.39, 0.29) is 12.1 Å². The Morgan fingerprint density at radius 2 is 2.10 bits per heavy atom. The second kappa shape index (κ2) is 2.58. The summed E-state index contributed by atoms with van der Waals surface area (Å²) in [5, 5.41) is 0. The van der Waals surface area contributed by atoms with Crippen molar-refractivity contribution in [3.8, 4) is 0 Å². The quantitative estimate of drug-likeness (QED) is 0.480. The van der Waals surface area contributed by atoms with E-state index in [1.165, 1.54) is 0 Å². The first kappa shape index (κ1) is 7.54. The zero-order chi connectivity index (χ0) is 7.72. The average molecular weight is 142 g/mol. The predicted molar refractivity (Wildman–Crippen MR) is 39.5 cm³/mol. The van der Waals surface area contributed by atoms with Gasteiger partial charge in [-0.15, -0.1) is 0 Å². The van der Waals surface area contributed by atoms with Crippen LogP contribution in [0.25, 0.3) is 0 Å². The maximum absolute atomic E-state index is 10.9. The minimum Gasteiger partial charge on any atom is -0.326 e. The normalized spacial score (nSPS) is 27.5. The van der Waals surface area contributed by atoms with Crippen LogP contribution in [0, 0.1) is 0 Å². The Kier molecular flexibility index (Phi) is 1.94. The van der Waals surface area contributed by atoms with E-state index in [0.29, 0.717) is 0 Å². The van der Waals surface area contributed by atoms with Crippen molar-refractivity contribution in [3.63, 3.8) is 0 Å². The predicted octanol–water partition coefficient (Wildman–Crippen LogP) is 0.126. The maximum atomic E-state index is 10.9. The number of hydrogen-bond donors (Lipinski definition) is 0. The molecule has 0 radical (unpaired) electrons. The number of carbonyl (C=O) groups excluding carboxylic acids is 1. The number of rotatable bonds is 0. The molecule has 0 aliphatic carbocycles. The molecule has 1 atom stereocenters. The molecule has 0 bridgehead atoms. The van der Waals surface area contributed by atoms with Crippen LogP contribution in [0.3, 0.4) is 0 Å². The first-order valence-corrected chi connectivity index (χ1v) is 3.60. The van der Waals surface area contributed by atoms with E-state index in [1.54, 1.807) is 6.92 Å². The highest BCUT2D eigenvalue weighted by Crippen LogP contribution is 2.10. The van der Waals surface area contributed by atoms with E-state index >= 15 is 0 Å². The molecule has 1 aliphatic heterocycles. The zero-order valence-corrected chi connectivity index (χ0v) is 6.79. The first-order chi connectivity index (χ1) is 4.63.